The summed E-state index contributed by atoms with van der Waals surface area (Å²) in [6, 6.07) is 6.36. The second-order valence-electron chi connectivity index (χ2n) is 4.81. The fourth-order valence-electron chi connectivity index (χ4n) is 1.64. The number of alkyl halides is 1. The third-order valence-electron chi connectivity index (χ3n) is 2.70. The molecule has 0 fully saturated rings. The van der Waals surface area contributed by atoms with E-state index in [1.165, 1.54) is 33.1 Å². The standard InChI is InChI=1S/C13H18ClNO4S/c1-13(2,12(16)19-3)15-20(17,18)11-6-4-10(5-7-11)8-9-14/h4-7,15H,8-9H2,1-3H3. The van der Waals surface area contributed by atoms with Gasteiger partial charge in [0.2, 0.25) is 10.0 Å². The molecule has 0 unspecified atom stereocenters. The van der Waals surface area contributed by atoms with Gasteiger partial charge in [-0.25, -0.2) is 8.42 Å². The zero-order valence-electron chi connectivity index (χ0n) is 11.6. The maximum Gasteiger partial charge on any atom is 0.326 e. The number of hydrogen-bond donors (Lipinski definition) is 1. The summed E-state index contributed by atoms with van der Waals surface area (Å²) < 4.78 is 31.3. The van der Waals surface area contributed by atoms with E-state index in [1.54, 1.807) is 12.1 Å². The summed E-state index contributed by atoms with van der Waals surface area (Å²) in [4.78, 5) is 11.6. The summed E-state index contributed by atoms with van der Waals surface area (Å²) in [7, 11) is -2.58. The number of carbonyl (C=O) groups excluding carboxylic acids is 1. The summed E-state index contributed by atoms with van der Waals surface area (Å²) in [6.45, 7) is 2.89. The Labute approximate surface area is 124 Å². The van der Waals surface area contributed by atoms with Crippen molar-refractivity contribution in [3.05, 3.63) is 29.8 Å². The predicted octanol–water partition coefficient (Wildman–Crippen LogP) is 1.70. The number of sulfonamides is 1. The van der Waals surface area contributed by atoms with Crippen LogP contribution in [0.4, 0.5) is 0 Å². The molecule has 1 aromatic carbocycles. The molecular formula is C13H18ClNO4S. The van der Waals surface area contributed by atoms with Crippen LogP contribution in [0.1, 0.15) is 19.4 Å². The van der Waals surface area contributed by atoms with Gasteiger partial charge in [0.05, 0.1) is 12.0 Å². The lowest BCUT2D eigenvalue weighted by Crippen LogP contribution is -2.50. The highest BCUT2D eigenvalue weighted by Crippen LogP contribution is 2.15. The molecule has 0 spiro atoms. The van der Waals surface area contributed by atoms with Crippen LogP contribution in [0.25, 0.3) is 0 Å². The molecule has 5 nitrogen and oxygen atoms in total. The maximum absolute atomic E-state index is 12.2. The van der Waals surface area contributed by atoms with Crippen molar-refractivity contribution in [3.63, 3.8) is 0 Å². The number of esters is 1. The molecule has 1 rings (SSSR count). The first kappa shape index (κ1) is 16.9. The number of benzene rings is 1. The molecule has 7 heteroatoms. The second kappa shape index (κ2) is 6.56. The van der Waals surface area contributed by atoms with Crippen LogP contribution in [0.15, 0.2) is 29.2 Å². The second-order valence-corrected chi connectivity index (χ2v) is 6.87. The quantitative estimate of drug-likeness (QED) is 0.640. The summed E-state index contributed by atoms with van der Waals surface area (Å²) >= 11 is 5.62. The van der Waals surface area contributed by atoms with Crippen LogP contribution in [0.5, 0.6) is 0 Å². The van der Waals surface area contributed by atoms with Gasteiger partial charge in [0.15, 0.2) is 0 Å². The Balaban J connectivity index is 2.96. The smallest absolute Gasteiger partial charge is 0.326 e. The zero-order chi connectivity index (χ0) is 15.4. The van der Waals surface area contributed by atoms with Crippen molar-refractivity contribution >= 4 is 27.6 Å². The van der Waals surface area contributed by atoms with Crippen molar-refractivity contribution in [1.82, 2.24) is 4.72 Å². The molecule has 0 aromatic heterocycles. The van der Waals surface area contributed by atoms with E-state index < -0.39 is 21.5 Å². The average Bonchev–Trinajstić information content (AvgIpc) is 2.37. The van der Waals surface area contributed by atoms with Crippen LogP contribution in [0.3, 0.4) is 0 Å². The summed E-state index contributed by atoms with van der Waals surface area (Å²) in [6.07, 6.45) is 0.670. The molecule has 20 heavy (non-hydrogen) atoms. The van der Waals surface area contributed by atoms with Gasteiger partial charge in [-0.05, 0) is 38.0 Å². The Morgan fingerprint density at radius 3 is 2.30 bits per heavy atom. The Bertz CT molecular complexity index is 567. The van der Waals surface area contributed by atoms with E-state index in [-0.39, 0.29) is 4.90 Å². The summed E-state index contributed by atoms with van der Waals surface area (Å²) in [5.41, 5.74) is -0.381. The minimum absolute atomic E-state index is 0.0906. The molecule has 0 aliphatic carbocycles. The van der Waals surface area contributed by atoms with Crippen molar-refractivity contribution in [2.24, 2.45) is 0 Å². The molecule has 0 heterocycles. The van der Waals surface area contributed by atoms with Crippen LogP contribution >= 0.6 is 11.6 Å². The number of methoxy groups -OCH3 is 1. The van der Waals surface area contributed by atoms with Crippen LogP contribution < -0.4 is 4.72 Å². The average molecular weight is 320 g/mol. The molecule has 0 bridgehead atoms. The number of carbonyl (C=O) groups is 1. The van der Waals surface area contributed by atoms with Gasteiger partial charge in [0.25, 0.3) is 0 Å². The fourth-order valence-corrected chi connectivity index (χ4v) is 3.22. The lowest BCUT2D eigenvalue weighted by molar-refractivity contribution is -0.146. The minimum Gasteiger partial charge on any atom is -0.468 e. The van der Waals surface area contributed by atoms with Gasteiger partial charge in [-0.2, -0.15) is 4.72 Å². The molecule has 0 aliphatic heterocycles. The van der Waals surface area contributed by atoms with Crippen LogP contribution in [-0.4, -0.2) is 32.9 Å². The molecule has 0 saturated carbocycles. The largest absolute Gasteiger partial charge is 0.468 e. The van der Waals surface area contributed by atoms with Gasteiger partial charge in [-0.1, -0.05) is 12.1 Å². The maximum atomic E-state index is 12.2. The van der Waals surface area contributed by atoms with Gasteiger partial charge < -0.3 is 4.74 Å². The lowest BCUT2D eigenvalue weighted by Gasteiger charge is -2.22. The Kier molecular flexibility index (Phi) is 5.56. The normalized spacial score (nSPS) is 12.2. The van der Waals surface area contributed by atoms with Crippen LogP contribution in [-0.2, 0) is 26.0 Å². The van der Waals surface area contributed by atoms with E-state index in [9.17, 15) is 13.2 Å². The van der Waals surface area contributed by atoms with E-state index >= 15 is 0 Å². The number of halogens is 1. The molecule has 0 aliphatic rings. The Morgan fingerprint density at radius 1 is 1.30 bits per heavy atom. The number of aryl methyl sites for hydroxylation is 1. The molecule has 0 saturated heterocycles. The highest BCUT2D eigenvalue weighted by molar-refractivity contribution is 7.89. The molecule has 0 atom stereocenters. The zero-order valence-corrected chi connectivity index (χ0v) is 13.2. The predicted molar refractivity (Wildman–Crippen MR) is 77.3 cm³/mol. The monoisotopic (exact) mass is 319 g/mol. The first-order valence-electron chi connectivity index (χ1n) is 6.00. The molecule has 112 valence electrons. The number of rotatable bonds is 6. The van der Waals surface area contributed by atoms with Crippen LogP contribution in [0.2, 0.25) is 0 Å². The van der Waals surface area contributed by atoms with Crippen LogP contribution in [0, 0.1) is 0 Å². The molecule has 1 N–H and O–H groups in total. The molecule has 1 aromatic rings. The van der Waals surface area contributed by atoms with Gasteiger partial charge in [-0.3, -0.25) is 4.79 Å². The third kappa shape index (κ3) is 4.19. The van der Waals surface area contributed by atoms with Crippen molar-refractivity contribution < 1.29 is 17.9 Å². The van der Waals surface area contributed by atoms with Gasteiger partial charge in [0.1, 0.15) is 5.54 Å². The Hall–Kier alpha value is -1.11. The van der Waals surface area contributed by atoms with E-state index in [0.29, 0.717) is 12.3 Å². The molecular weight excluding hydrogens is 302 g/mol. The number of nitrogens with one attached hydrogen (secondary N) is 1. The van der Waals surface area contributed by atoms with Crippen molar-refractivity contribution in [2.75, 3.05) is 13.0 Å². The van der Waals surface area contributed by atoms with Crippen molar-refractivity contribution in [3.8, 4) is 0 Å². The van der Waals surface area contributed by atoms with Crippen molar-refractivity contribution in [2.45, 2.75) is 30.7 Å². The lowest BCUT2D eigenvalue weighted by atomic mass is 10.1. The molecule has 0 amide bonds. The third-order valence-corrected chi connectivity index (χ3v) is 4.56. The van der Waals surface area contributed by atoms with Gasteiger partial charge >= 0.3 is 5.97 Å². The van der Waals surface area contributed by atoms with E-state index in [1.807, 2.05) is 0 Å². The van der Waals surface area contributed by atoms with Crippen molar-refractivity contribution in [1.29, 1.82) is 0 Å². The first-order chi connectivity index (χ1) is 9.23. The summed E-state index contributed by atoms with van der Waals surface area (Å²) in [5, 5.41) is 0. The van der Waals surface area contributed by atoms with E-state index in [2.05, 4.69) is 9.46 Å². The summed E-state index contributed by atoms with van der Waals surface area (Å²) in [5.74, 6) is -0.181. The highest BCUT2D eigenvalue weighted by Gasteiger charge is 2.34. The van der Waals surface area contributed by atoms with E-state index in [4.69, 9.17) is 11.6 Å². The SMILES string of the molecule is COC(=O)C(C)(C)NS(=O)(=O)c1ccc(CCCl)cc1. The fraction of sp³-hybridized carbons (Fsp3) is 0.462. The van der Waals surface area contributed by atoms with E-state index in [0.717, 1.165) is 5.56 Å². The number of hydrogen-bond acceptors (Lipinski definition) is 4. The topological polar surface area (TPSA) is 72.5 Å². The first-order valence-corrected chi connectivity index (χ1v) is 8.02. The highest BCUT2D eigenvalue weighted by atomic mass is 35.5. The number of ether oxygens (including phenoxy) is 1. The minimum atomic E-state index is -3.79. The molecule has 0 radical (unpaired) electrons. The Morgan fingerprint density at radius 2 is 1.85 bits per heavy atom. The van der Waals surface area contributed by atoms with Gasteiger partial charge in [0, 0.05) is 5.88 Å². The van der Waals surface area contributed by atoms with Gasteiger partial charge in [-0.15, -0.1) is 11.6 Å².